The second kappa shape index (κ2) is 7.27. The number of hydrogen-bond donors (Lipinski definition) is 2. The van der Waals surface area contributed by atoms with Crippen molar-refractivity contribution in [1.82, 2.24) is 0 Å². The first-order chi connectivity index (χ1) is 14.3. The Morgan fingerprint density at radius 2 is 1.97 bits per heavy atom. The SMILES string of the molecule is COc1cc2c(cc1O)CC[C@@H]1[C@@H]2CC[C@@]2(C)[C@H]1CC[C@@]2(O)Cc1cccc(Br)c1. The lowest BCUT2D eigenvalue weighted by Gasteiger charge is -2.53. The maximum atomic E-state index is 11.9. The zero-order chi connectivity index (χ0) is 21.1. The van der Waals surface area contributed by atoms with E-state index in [4.69, 9.17) is 4.74 Å². The maximum Gasteiger partial charge on any atom is 0.160 e. The van der Waals surface area contributed by atoms with E-state index in [0.29, 0.717) is 23.5 Å². The van der Waals surface area contributed by atoms with E-state index in [1.807, 2.05) is 12.1 Å². The minimum Gasteiger partial charge on any atom is -0.504 e. The molecule has 5 atom stereocenters. The average Bonchev–Trinajstić information content (AvgIpc) is 2.98. The standard InChI is InChI=1S/C26H31BrO3/c1-25-10-8-19-20(7-6-17-13-23(28)24(30-2)14-21(17)19)22(25)9-11-26(25,29)15-16-4-3-5-18(27)12-16/h3-5,12-14,19-20,22,28-29H,6-11,15H2,1-2H3/t19-,20+,22-,25-,26+/m0/s1. The van der Waals surface area contributed by atoms with Gasteiger partial charge in [-0.2, -0.15) is 0 Å². The molecule has 30 heavy (non-hydrogen) atoms. The van der Waals surface area contributed by atoms with E-state index >= 15 is 0 Å². The van der Waals surface area contributed by atoms with Gasteiger partial charge in [0.15, 0.2) is 11.5 Å². The fourth-order valence-corrected chi connectivity index (χ4v) is 7.58. The lowest BCUT2D eigenvalue weighted by atomic mass is 9.52. The van der Waals surface area contributed by atoms with Gasteiger partial charge >= 0.3 is 0 Å². The molecule has 0 unspecified atom stereocenters. The second-order valence-electron chi connectivity index (χ2n) is 9.97. The van der Waals surface area contributed by atoms with Gasteiger partial charge in [-0.25, -0.2) is 0 Å². The van der Waals surface area contributed by atoms with Gasteiger partial charge in [0.05, 0.1) is 12.7 Å². The van der Waals surface area contributed by atoms with Crippen LogP contribution >= 0.6 is 15.9 Å². The largest absolute Gasteiger partial charge is 0.504 e. The van der Waals surface area contributed by atoms with Crippen molar-refractivity contribution in [2.45, 2.75) is 63.4 Å². The van der Waals surface area contributed by atoms with Crippen molar-refractivity contribution < 1.29 is 14.9 Å². The van der Waals surface area contributed by atoms with E-state index < -0.39 is 5.60 Å². The Hall–Kier alpha value is -1.52. The van der Waals surface area contributed by atoms with Gasteiger partial charge in [-0.1, -0.05) is 35.0 Å². The molecule has 4 heteroatoms. The molecule has 0 saturated heterocycles. The van der Waals surface area contributed by atoms with Crippen molar-refractivity contribution in [3.05, 3.63) is 57.6 Å². The monoisotopic (exact) mass is 470 g/mol. The van der Waals surface area contributed by atoms with Crippen LogP contribution in [0.1, 0.15) is 61.6 Å². The Morgan fingerprint density at radius 1 is 1.13 bits per heavy atom. The summed E-state index contributed by atoms with van der Waals surface area (Å²) >= 11 is 3.58. The van der Waals surface area contributed by atoms with E-state index in [-0.39, 0.29) is 11.2 Å². The molecular weight excluding hydrogens is 440 g/mol. The van der Waals surface area contributed by atoms with E-state index in [1.54, 1.807) is 7.11 Å². The summed E-state index contributed by atoms with van der Waals surface area (Å²) in [6.45, 7) is 2.35. The molecule has 2 aromatic carbocycles. The van der Waals surface area contributed by atoms with Crippen molar-refractivity contribution in [3.63, 3.8) is 0 Å². The molecule has 0 bridgehead atoms. The summed E-state index contributed by atoms with van der Waals surface area (Å²) < 4.78 is 6.49. The average molecular weight is 471 g/mol. The smallest absolute Gasteiger partial charge is 0.160 e. The van der Waals surface area contributed by atoms with Crippen LogP contribution < -0.4 is 4.74 Å². The molecule has 3 aliphatic rings. The topological polar surface area (TPSA) is 49.7 Å². The summed E-state index contributed by atoms with van der Waals surface area (Å²) in [7, 11) is 1.62. The van der Waals surface area contributed by atoms with Crippen LogP contribution in [0.25, 0.3) is 0 Å². The van der Waals surface area contributed by atoms with E-state index in [2.05, 4.69) is 47.1 Å². The lowest BCUT2D eigenvalue weighted by molar-refractivity contribution is -0.102. The highest BCUT2D eigenvalue weighted by molar-refractivity contribution is 9.10. The van der Waals surface area contributed by atoms with Crippen molar-refractivity contribution in [3.8, 4) is 11.5 Å². The van der Waals surface area contributed by atoms with Gasteiger partial charge in [-0.15, -0.1) is 0 Å². The molecule has 3 aliphatic carbocycles. The van der Waals surface area contributed by atoms with Gasteiger partial charge in [0, 0.05) is 10.9 Å². The highest BCUT2D eigenvalue weighted by Gasteiger charge is 2.61. The summed E-state index contributed by atoms with van der Waals surface area (Å²) in [5.41, 5.74) is 3.17. The van der Waals surface area contributed by atoms with E-state index in [1.165, 1.54) is 16.7 Å². The van der Waals surface area contributed by atoms with Crippen molar-refractivity contribution in [1.29, 1.82) is 0 Å². The van der Waals surface area contributed by atoms with Gasteiger partial charge < -0.3 is 14.9 Å². The number of rotatable bonds is 3. The van der Waals surface area contributed by atoms with Crippen LogP contribution in [0.2, 0.25) is 0 Å². The summed E-state index contributed by atoms with van der Waals surface area (Å²) in [6, 6.07) is 12.4. The first-order valence-electron chi connectivity index (χ1n) is 11.2. The van der Waals surface area contributed by atoms with Crippen LogP contribution in [0, 0.1) is 17.3 Å². The molecule has 2 fully saturated rings. The number of aromatic hydroxyl groups is 1. The summed E-state index contributed by atoms with van der Waals surface area (Å²) in [4.78, 5) is 0. The molecule has 0 heterocycles. The molecular formula is C26H31BrO3. The number of aryl methyl sites for hydroxylation is 1. The van der Waals surface area contributed by atoms with Crippen LogP contribution in [0.3, 0.4) is 0 Å². The number of benzene rings is 2. The highest BCUT2D eigenvalue weighted by atomic mass is 79.9. The molecule has 2 saturated carbocycles. The minimum atomic E-state index is -0.643. The highest BCUT2D eigenvalue weighted by Crippen LogP contribution is 2.65. The number of aliphatic hydroxyl groups is 1. The molecule has 160 valence electrons. The summed E-state index contributed by atoms with van der Waals surface area (Å²) in [5.74, 6) is 2.48. The number of ether oxygens (including phenoxy) is 1. The zero-order valence-corrected chi connectivity index (χ0v) is 19.4. The van der Waals surface area contributed by atoms with Crippen LogP contribution in [-0.2, 0) is 12.8 Å². The first kappa shape index (κ1) is 20.4. The Labute approximate surface area is 187 Å². The predicted molar refractivity (Wildman–Crippen MR) is 122 cm³/mol. The van der Waals surface area contributed by atoms with Gasteiger partial charge in [-0.3, -0.25) is 0 Å². The molecule has 3 nitrogen and oxygen atoms in total. The third kappa shape index (κ3) is 3.02. The number of fused-ring (bicyclic) bond motifs is 5. The third-order valence-electron chi connectivity index (χ3n) is 8.73. The normalized spacial score (nSPS) is 34.7. The van der Waals surface area contributed by atoms with Crippen LogP contribution in [-0.4, -0.2) is 22.9 Å². The van der Waals surface area contributed by atoms with E-state index in [9.17, 15) is 10.2 Å². The molecule has 0 spiro atoms. The first-order valence-corrected chi connectivity index (χ1v) is 12.0. The number of phenols is 1. The van der Waals surface area contributed by atoms with Crippen LogP contribution in [0.5, 0.6) is 11.5 Å². The molecule has 0 aliphatic heterocycles. The zero-order valence-electron chi connectivity index (χ0n) is 17.8. The minimum absolute atomic E-state index is 0.0466. The van der Waals surface area contributed by atoms with Gasteiger partial charge in [0.2, 0.25) is 0 Å². The Morgan fingerprint density at radius 3 is 2.73 bits per heavy atom. The Balaban J connectivity index is 1.45. The molecule has 2 N–H and O–H groups in total. The number of halogens is 1. The molecule has 0 aromatic heterocycles. The fraction of sp³-hybridized carbons (Fsp3) is 0.538. The maximum absolute atomic E-state index is 11.9. The molecule has 0 amide bonds. The Kier molecular flexibility index (Phi) is 4.94. The van der Waals surface area contributed by atoms with Crippen LogP contribution in [0.4, 0.5) is 0 Å². The number of hydrogen-bond acceptors (Lipinski definition) is 3. The Bertz CT molecular complexity index is 973. The van der Waals surface area contributed by atoms with Crippen molar-refractivity contribution in [2.24, 2.45) is 17.3 Å². The molecule has 0 radical (unpaired) electrons. The summed E-state index contributed by atoms with van der Waals surface area (Å²) in [5, 5.41) is 22.1. The van der Waals surface area contributed by atoms with Gasteiger partial charge in [-0.05, 0) is 103 Å². The fourth-order valence-electron chi connectivity index (χ4n) is 7.14. The van der Waals surface area contributed by atoms with Crippen molar-refractivity contribution >= 4 is 15.9 Å². The number of methoxy groups -OCH3 is 1. The quantitative estimate of drug-likeness (QED) is 0.578. The van der Waals surface area contributed by atoms with Crippen LogP contribution in [0.15, 0.2) is 40.9 Å². The van der Waals surface area contributed by atoms with Gasteiger partial charge in [0.25, 0.3) is 0 Å². The lowest BCUT2D eigenvalue weighted by Crippen LogP contribution is -2.51. The molecule has 2 aromatic rings. The van der Waals surface area contributed by atoms with Crippen molar-refractivity contribution in [2.75, 3.05) is 7.11 Å². The second-order valence-corrected chi connectivity index (χ2v) is 10.9. The molecule has 5 rings (SSSR count). The third-order valence-corrected chi connectivity index (χ3v) is 9.22. The van der Waals surface area contributed by atoms with E-state index in [0.717, 1.165) is 49.4 Å². The predicted octanol–water partition coefficient (Wildman–Crippen LogP) is 5.99. The summed E-state index contributed by atoms with van der Waals surface area (Å²) in [6.07, 6.45) is 7.02. The van der Waals surface area contributed by atoms with Gasteiger partial charge in [0.1, 0.15) is 0 Å². The number of phenolic OH excluding ortho intramolecular Hbond substituents is 1.